The second kappa shape index (κ2) is 5.84. The van der Waals surface area contributed by atoms with Crippen LogP contribution in [0.3, 0.4) is 0 Å². The molecule has 0 bridgehead atoms. The number of nitrogens with zero attached hydrogens (tertiary/aromatic N) is 1. The first-order chi connectivity index (χ1) is 7.54. The standard InChI is InChI=1S/C11H21N3O2/c1-2-9(12)11(16)14-5-3-8(4-6-14)7-10(13)15/h8-9H,2-7,12H2,1H3,(H2,13,15)/t9-/m1/s1. The van der Waals surface area contributed by atoms with Crippen LogP contribution in [0.1, 0.15) is 32.6 Å². The summed E-state index contributed by atoms with van der Waals surface area (Å²) in [6.07, 6.45) is 2.80. The van der Waals surface area contributed by atoms with Gasteiger partial charge in [-0.05, 0) is 25.2 Å². The predicted octanol–water partition coefficient (Wildman–Crippen LogP) is -0.162. The van der Waals surface area contributed by atoms with Crippen molar-refractivity contribution in [2.24, 2.45) is 17.4 Å². The van der Waals surface area contributed by atoms with E-state index < -0.39 is 0 Å². The summed E-state index contributed by atoms with van der Waals surface area (Å²) in [6.45, 7) is 3.30. The van der Waals surface area contributed by atoms with E-state index in [-0.39, 0.29) is 17.9 Å². The van der Waals surface area contributed by atoms with Gasteiger partial charge < -0.3 is 16.4 Å². The Morgan fingerprint density at radius 2 is 1.94 bits per heavy atom. The molecule has 1 heterocycles. The molecule has 5 nitrogen and oxygen atoms in total. The van der Waals surface area contributed by atoms with Crippen molar-refractivity contribution in [1.82, 2.24) is 4.90 Å². The van der Waals surface area contributed by atoms with Crippen molar-refractivity contribution in [3.05, 3.63) is 0 Å². The number of carbonyl (C=O) groups is 2. The number of hydrogen-bond donors (Lipinski definition) is 2. The first-order valence-electron chi connectivity index (χ1n) is 5.87. The number of piperidine rings is 1. The summed E-state index contributed by atoms with van der Waals surface area (Å²) in [6, 6.07) is -0.382. The highest BCUT2D eigenvalue weighted by molar-refractivity contribution is 5.81. The molecular weight excluding hydrogens is 206 g/mol. The molecule has 0 saturated carbocycles. The van der Waals surface area contributed by atoms with E-state index >= 15 is 0 Å². The lowest BCUT2D eigenvalue weighted by atomic mass is 9.93. The van der Waals surface area contributed by atoms with Crippen molar-refractivity contribution in [2.75, 3.05) is 13.1 Å². The third-order valence-electron chi connectivity index (χ3n) is 3.17. The number of hydrogen-bond acceptors (Lipinski definition) is 3. The lowest BCUT2D eigenvalue weighted by molar-refractivity contribution is -0.134. The lowest BCUT2D eigenvalue weighted by Crippen LogP contribution is -2.47. The lowest BCUT2D eigenvalue weighted by Gasteiger charge is -2.32. The molecule has 0 aromatic heterocycles. The predicted molar refractivity (Wildman–Crippen MR) is 61.4 cm³/mol. The zero-order chi connectivity index (χ0) is 12.1. The maximum atomic E-state index is 11.8. The van der Waals surface area contributed by atoms with Gasteiger partial charge in [-0.3, -0.25) is 9.59 Å². The van der Waals surface area contributed by atoms with Gasteiger partial charge in [-0.25, -0.2) is 0 Å². The summed E-state index contributed by atoms with van der Waals surface area (Å²) in [5, 5.41) is 0. The Morgan fingerprint density at radius 1 is 1.38 bits per heavy atom. The summed E-state index contributed by atoms with van der Waals surface area (Å²) in [7, 11) is 0. The van der Waals surface area contributed by atoms with Gasteiger partial charge in [0.05, 0.1) is 6.04 Å². The molecule has 1 saturated heterocycles. The Morgan fingerprint density at radius 3 is 2.38 bits per heavy atom. The van der Waals surface area contributed by atoms with Crippen molar-refractivity contribution in [2.45, 2.75) is 38.6 Å². The van der Waals surface area contributed by atoms with Gasteiger partial charge in [-0.1, -0.05) is 6.92 Å². The number of rotatable bonds is 4. The largest absolute Gasteiger partial charge is 0.370 e. The number of primary amides is 1. The van der Waals surface area contributed by atoms with Crippen LogP contribution in [0.4, 0.5) is 0 Å². The van der Waals surface area contributed by atoms with Crippen LogP contribution in [0.5, 0.6) is 0 Å². The Bertz CT molecular complexity index is 260. The van der Waals surface area contributed by atoms with Gasteiger partial charge in [-0.2, -0.15) is 0 Å². The van der Waals surface area contributed by atoms with Gasteiger partial charge in [0.25, 0.3) is 0 Å². The van der Waals surface area contributed by atoms with Gasteiger partial charge in [0.15, 0.2) is 0 Å². The van der Waals surface area contributed by atoms with E-state index in [1.165, 1.54) is 0 Å². The average molecular weight is 227 g/mol. The Hall–Kier alpha value is -1.10. The Labute approximate surface area is 96.1 Å². The van der Waals surface area contributed by atoms with Crippen LogP contribution in [0, 0.1) is 5.92 Å². The number of amides is 2. The summed E-state index contributed by atoms with van der Waals surface area (Å²) < 4.78 is 0. The normalized spacial score (nSPS) is 19.5. The number of nitrogens with two attached hydrogens (primary N) is 2. The molecule has 0 spiro atoms. The van der Waals surface area contributed by atoms with Gasteiger partial charge in [0.1, 0.15) is 0 Å². The minimum atomic E-state index is -0.382. The molecule has 5 heteroatoms. The van der Waals surface area contributed by atoms with E-state index in [4.69, 9.17) is 11.5 Å². The molecule has 0 aliphatic carbocycles. The zero-order valence-corrected chi connectivity index (χ0v) is 9.82. The van der Waals surface area contributed by atoms with Crippen LogP contribution in [0.15, 0.2) is 0 Å². The quantitative estimate of drug-likeness (QED) is 0.699. The van der Waals surface area contributed by atoms with Crippen molar-refractivity contribution >= 4 is 11.8 Å². The van der Waals surface area contributed by atoms with Gasteiger partial charge in [-0.15, -0.1) is 0 Å². The first-order valence-corrected chi connectivity index (χ1v) is 5.87. The molecule has 1 fully saturated rings. The maximum absolute atomic E-state index is 11.8. The SMILES string of the molecule is CC[C@@H](N)C(=O)N1CCC(CC(N)=O)CC1. The highest BCUT2D eigenvalue weighted by Crippen LogP contribution is 2.20. The van der Waals surface area contributed by atoms with Crippen molar-refractivity contribution in [3.8, 4) is 0 Å². The minimum Gasteiger partial charge on any atom is -0.370 e. The van der Waals surface area contributed by atoms with E-state index in [2.05, 4.69) is 0 Å². The molecule has 2 amide bonds. The van der Waals surface area contributed by atoms with Gasteiger partial charge in [0, 0.05) is 19.5 Å². The summed E-state index contributed by atoms with van der Waals surface area (Å²) >= 11 is 0. The van der Waals surface area contributed by atoms with E-state index in [1.807, 2.05) is 6.92 Å². The molecule has 0 aromatic rings. The first kappa shape index (κ1) is 13.0. The fourth-order valence-corrected chi connectivity index (χ4v) is 2.05. The Balaban J connectivity index is 2.37. The third-order valence-corrected chi connectivity index (χ3v) is 3.17. The fourth-order valence-electron chi connectivity index (χ4n) is 2.05. The summed E-state index contributed by atoms with van der Waals surface area (Å²) in [4.78, 5) is 24.3. The molecule has 1 aliphatic rings. The molecular formula is C11H21N3O2. The minimum absolute atomic E-state index is 0.0278. The third kappa shape index (κ3) is 3.48. The molecule has 1 rings (SSSR count). The van der Waals surface area contributed by atoms with Crippen molar-refractivity contribution < 1.29 is 9.59 Å². The van der Waals surface area contributed by atoms with Crippen LogP contribution in [0.2, 0.25) is 0 Å². The molecule has 0 radical (unpaired) electrons. The van der Waals surface area contributed by atoms with Crippen LogP contribution >= 0.6 is 0 Å². The zero-order valence-electron chi connectivity index (χ0n) is 9.82. The van der Waals surface area contributed by atoms with Crippen LogP contribution < -0.4 is 11.5 Å². The topological polar surface area (TPSA) is 89.4 Å². The average Bonchev–Trinajstić information content (AvgIpc) is 2.27. The van der Waals surface area contributed by atoms with E-state index in [1.54, 1.807) is 4.90 Å². The van der Waals surface area contributed by atoms with Crippen LogP contribution in [0.25, 0.3) is 0 Å². The summed E-state index contributed by atoms with van der Waals surface area (Å²) in [5.41, 5.74) is 10.8. The van der Waals surface area contributed by atoms with E-state index in [0.717, 1.165) is 12.8 Å². The molecule has 16 heavy (non-hydrogen) atoms. The highest BCUT2D eigenvalue weighted by atomic mass is 16.2. The fraction of sp³-hybridized carbons (Fsp3) is 0.818. The molecule has 1 atom stereocenters. The second-order valence-corrected chi connectivity index (χ2v) is 4.45. The van der Waals surface area contributed by atoms with Gasteiger partial charge >= 0.3 is 0 Å². The monoisotopic (exact) mass is 227 g/mol. The highest BCUT2D eigenvalue weighted by Gasteiger charge is 2.25. The van der Waals surface area contributed by atoms with E-state index in [9.17, 15) is 9.59 Å². The number of likely N-dealkylation sites (tertiary alicyclic amines) is 1. The number of carbonyl (C=O) groups excluding carboxylic acids is 2. The van der Waals surface area contributed by atoms with E-state index in [0.29, 0.717) is 31.8 Å². The summed E-state index contributed by atoms with van der Waals surface area (Å²) in [5.74, 6) is 0.106. The molecule has 0 aromatic carbocycles. The van der Waals surface area contributed by atoms with Crippen molar-refractivity contribution in [1.29, 1.82) is 0 Å². The molecule has 4 N–H and O–H groups in total. The second-order valence-electron chi connectivity index (χ2n) is 4.45. The molecule has 1 aliphatic heterocycles. The smallest absolute Gasteiger partial charge is 0.239 e. The molecule has 92 valence electrons. The molecule has 0 unspecified atom stereocenters. The van der Waals surface area contributed by atoms with Crippen LogP contribution in [-0.2, 0) is 9.59 Å². The van der Waals surface area contributed by atoms with Crippen molar-refractivity contribution in [3.63, 3.8) is 0 Å². The van der Waals surface area contributed by atoms with Crippen LogP contribution in [-0.4, -0.2) is 35.8 Å². The maximum Gasteiger partial charge on any atom is 0.239 e. The van der Waals surface area contributed by atoms with Gasteiger partial charge in [0.2, 0.25) is 11.8 Å². The Kier molecular flexibility index (Phi) is 4.73.